The normalized spacial score (nSPS) is 17.8. The standard InChI is InChI=1S/C25H30FN7O3/c1-25(2,3)36-24(34)32-17-9-7-16(8-10-17)31-23-30-14-29-21(33-23)18-5-4-12-28-22(18)35-20-11-6-15(27)13-19(20)26/h4-6,11-14,16-17H,7-10,27H2,1-3H3,(H,32,34)(H,29,30,31,33). The quantitative estimate of drug-likeness (QED) is 0.416. The zero-order chi connectivity index (χ0) is 25.7. The second-order valence-electron chi connectivity index (χ2n) is 9.62. The number of carbonyl (C=O) groups excluding carboxylic acids is 1. The Kier molecular flexibility index (Phi) is 7.47. The molecule has 4 rings (SSSR count). The molecular weight excluding hydrogens is 465 g/mol. The summed E-state index contributed by atoms with van der Waals surface area (Å²) >= 11 is 0. The molecule has 2 aromatic heterocycles. The smallest absolute Gasteiger partial charge is 0.407 e. The Balaban J connectivity index is 1.39. The van der Waals surface area contributed by atoms with Crippen LogP contribution >= 0.6 is 0 Å². The number of pyridine rings is 1. The maximum atomic E-state index is 14.3. The molecule has 1 saturated carbocycles. The average molecular weight is 496 g/mol. The maximum absolute atomic E-state index is 14.3. The number of nitrogens with zero attached hydrogens (tertiary/aromatic N) is 4. The zero-order valence-corrected chi connectivity index (χ0v) is 20.5. The number of nitrogens with one attached hydrogen (secondary N) is 2. The van der Waals surface area contributed by atoms with E-state index in [1.54, 1.807) is 18.2 Å². The van der Waals surface area contributed by atoms with Gasteiger partial charge in [-0.15, -0.1) is 0 Å². The van der Waals surface area contributed by atoms with Gasteiger partial charge in [-0.3, -0.25) is 0 Å². The van der Waals surface area contributed by atoms with Gasteiger partial charge in [0, 0.05) is 30.0 Å². The fourth-order valence-electron chi connectivity index (χ4n) is 3.88. The van der Waals surface area contributed by atoms with E-state index < -0.39 is 17.5 Å². The van der Waals surface area contributed by atoms with Crippen molar-refractivity contribution in [2.75, 3.05) is 11.1 Å². The van der Waals surface area contributed by atoms with Gasteiger partial charge in [-0.2, -0.15) is 4.98 Å². The molecule has 0 aliphatic heterocycles. The molecule has 10 nitrogen and oxygen atoms in total. The number of aromatic nitrogens is 4. The SMILES string of the molecule is CC(C)(C)OC(=O)NC1CCC(Nc2ncnc(-c3cccnc3Oc3ccc(N)cc3F)n2)CC1. The van der Waals surface area contributed by atoms with Crippen molar-refractivity contribution in [2.24, 2.45) is 0 Å². The molecule has 11 heteroatoms. The number of nitrogens with two attached hydrogens (primary N) is 1. The highest BCUT2D eigenvalue weighted by Gasteiger charge is 2.25. The second kappa shape index (κ2) is 10.7. The van der Waals surface area contributed by atoms with Crippen LogP contribution in [0.25, 0.3) is 11.4 Å². The number of nitrogen functional groups attached to an aromatic ring is 1. The van der Waals surface area contributed by atoms with Crippen LogP contribution in [0.4, 0.5) is 20.8 Å². The number of alkyl carbamates (subject to hydrolysis) is 1. The highest BCUT2D eigenvalue weighted by atomic mass is 19.1. The Morgan fingerprint density at radius 2 is 1.83 bits per heavy atom. The molecule has 0 bridgehead atoms. The largest absolute Gasteiger partial charge is 0.444 e. The number of anilines is 2. The molecule has 190 valence electrons. The van der Waals surface area contributed by atoms with Crippen LogP contribution in [0.2, 0.25) is 0 Å². The fourth-order valence-corrected chi connectivity index (χ4v) is 3.88. The summed E-state index contributed by atoms with van der Waals surface area (Å²) < 4.78 is 25.3. The van der Waals surface area contributed by atoms with Crippen molar-refractivity contribution in [3.05, 3.63) is 48.7 Å². The fraction of sp³-hybridized carbons (Fsp3) is 0.400. The number of carbonyl (C=O) groups is 1. The van der Waals surface area contributed by atoms with E-state index in [1.807, 2.05) is 20.8 Å². The van der Waals surface area contributed by atoms with Gasteiger partial charge in [-0.05, 0) is 70.7 Å². The summed E-state index contributed by atoms with van der Waals surface area (Å²) in [5, 5.41) is 6.29. The zero-order valence-electron chi connectivity index (χ0n) is 20.5. The first-order chi connectivity index (χ1) is 17.2. The van der Waals surface area contributed by atoms with E-state index in [2.05, 4.69) is 30.6 Å². The number of ether oxygens (including phenoxy) is 2. The molecule has 3 aromatic rings. The predicted octanol–water partition coefficient (Wildman–Crippen LogP) is 4.70. The van der Waals surface area contributed by atoms with Gasteiger partial charge in [0.05, 0.1) is 5.56 Å². The summed E-state index contributed by atoms with van der Waals surface area (Å²) in [5.74, 6) is 0.311. The van der Waals surface area contributed by atoms with Gasteiger partial charge in [0.25, 0.3) is 0 Å². The van der Waals surface area contributed by atoms with E-state index in [-0.39, 0.29) is 23.7 Å². The third-order valence-corrected chi connectivity index (χ3v) is 5.53. The van der Waals surface area contributed by atoms with E-state index in [1.165, 1.54) is 24.7 Å². The lowest BCUT2D eigenvalue weighted by atomic mass is 9.91. The Morgan fingerprint density at radius 3 is 2.56 bits per heavy atom. The van der Waals surface area contributed by atoms with Crippen LogP contribution in [-0.4, -0.2) is 43.7 Å². The number of hydrogen-bond donors (Lipinski definition) is 3. The van der Waals surface area contributed by atoms with E-state index in [9.17, 15) is 9.18 Å². The lowest BCUT2D eigenvalue weighted by Gasteiger charge is -2.30. The van der Waals surface area contributed by atoms with Gasteiger partial charge in [0.15, 0.2) is 17.4 Å². The molecule has 36 heavy (non-hydrogen) atoms. The van der Waals surface area contributed by atoms with E-state index in [0.717, 1.165) is 25.7 Å². The minimum atomic E-state index is -0.596. The van der Waals surface area contributed by atoms with Crippen LogP contribution in [0.3, 0.4) is 0 Å². The van der Waals surface area contributed by atoms with Crippen LogP contribution in [0.5, 0.6) is 11.6 Å². The first-order valence-corrected chi connectivity index (χ1v) is 11.8. The molecule has 0 radical (unpaired) electrons. The number of benzene rings is 1. The molecule has 1 aliphatic carbocycles. The van der Waals surface area contributed by atoms with Crippen molar-refractivity contribution in [1.29, 1.82) is 0 Å². The molecule has 0 saturated heterocycles. The van der Waals surface area contributed by atoms with Gasteiger partial charge < -0.3 is 25.8 Å². The van der Waals surface area contributed by atoms with Crippen molar-refractivity contribution in [1.82, 2.24) is 25.3 Å². The summed E-state index contributed by atoms with van der Waals surface area (Å²) in [6.45, 7) is 5.52. The van der Waals surface area contributed by atoms with Crippen LogP contribution < -0.4 is 21.1 Å². The number of hydrogen-bond acceptors (Lipinski definition) is 9. The van der Waals surface area contributed by atoms with Gasteiger partial charge in [0.2, 0.25) is 11.8 Å². The Morgan fingerprint density at radius 1 is 1.08 bits per heavy atom. The average Bonchev–Trinajstić information content (AvgIpc) is 2.81. The van der Waals surface area contributed by atoms with Crippen molar-refractivity contribution in [3.63, 3.8) is 0 Å². The second-order valence-corrected chi connectivity index (χ2v) is 9.62. The summed E-state index contributed by atoms with van der Waals surface area (Å²) in [6, 6.07) is 7.84. The summed E-state index contributed by atoms with van der Waals surface area (Å²) in [7, 11) is 0. The van der Waals surface area contributed by atoms with Gasteiger partial charge >= 0.3 is 6.09 Å². The summed E-state index contributed by atoms with van der Waals surface area (Å²) in [5.41, 5.74) is 5.88. The van der Waals surface area contributed by atoms with Gasteiger partial charge in [0.1, 0.15) is 11.9 Å². The van der Waals surface area contributed by atoms with Crippen LogP contribution in [-0.2, 0) is 4.74 Å². The third kappa shape index (κ3) is 6.77. The minimum Gasteiger partial charge on any atom is -0.444 e. The molecule has 0 unspecified atom stereocenters. The molecule has 2 heterocycles. The molecule has 1 aliphatic rings. The molecular formula is C25H30FN7O3. The minimum absolute atomic E-state index is 0.00620. The topological polar surface area (TPSA) is 137 Å². The highest BCUT2D eigenvalue weighted by Crippen LogP contribution is 2.31. The molecule has 4 N–H and O–H groups in total. The molecule has 0 spiro atoms. The van der Waals surface area contributed by atoms with Gasteiger partial charge in [-0.25, -0.2) is 24.1 Å². The van der Waals surface area contributed by atoms with E-state index in [0.29, 0.717) is 23.0 Å². The first-order valence-electron chi connectivity index (χ1n) is 11.8. The van der Waals surface area contributed by atoms with Crippen molar-refractivity contribution >= 4 is 17.7 Å². The van der Waals surface area contributed by atoms with Crippen LogP contribution in [0, 0.1) is 5.82 Å². The Bertz CT molecular complexity index is 1210. The lowest BCUT2D eigenvalue weighted by Crippen LogP contribution is -2.42. The monoisotopic (exact) mass is 495 g/mol. The van der Waals surface area contributed by atoms with Crippen LogP contribution in [0.1, 0.15) is 46.5 Å². The van der Waals surface area contributed by atoms with Crippen molar-refractivity contribution < 1.29 is 18.7 Å². The first kappa shape index (κ1) is 25.1. The molecule has 1 fully saturated rings. The molecule has 0 atom stereocenters. The van der Waals surface area contributed by atoms with E-state index >= 15 is 0 Å². The predicted molar refractivity (Wildman–Crippen MR) is 133 cm³/mol. The summed E-state index contributed by atoms with van der Waals surface area (Å²) in [4.78, 5) is 29.3. The number of halogens is 1. The number of rotatable bonds is 6. The summed E-state index contributed by atoms with van der Waals surface area (Å²) in [6.07, 6.45) is 5.83. The lowest BCUT2D eigenvalue weighted by molar-refractivity contribution is 0.0492. The molecule has 1 aromatic carbocycles. The van der Waals surface area contributed by atoms with Gasteiger partial charge in [-0.1, -0.05) is 0 Å². The van der Waals surface area contributed by atoms with Crippen LogP contribution in [0.15, 0.2) is 42.9 Å². The van der Waals surface area contributed by atoms with Crippen molar-refractivity contribution in [3.8, 4) is 23.0 Å². The maximum Gasteiger partial charge on any atom is 0.407 e. The van der Waals surface area contributed by atoms with E-state index in [4.69, 9.17) is 15.2 Å². The highest BCUT2D eigenvalue weighted by molar-refractivity contribution is 5.68. The molecule has 1 amide bonds. The third-order valence-electron chi connectivity index (χ3n) is 5.53. The Hall–Kier alpha value is -4.02. The Labute approximate surface area is 208 Å². The van der Waals surface area contributed by atoms with Crippen molar-refractivity contribution in [2.45, 2.75) is 64.1 Å². The number of amides is 1.